The van der Waals surface area contributed by atoms with Gasteiger partial charge < -0.3 is 16.4 Å². The Labute approximate surface area is 215 Å². The second kappa shape index (κ2) is 12.0. The Balaban J connectivity index is 0.00000306. The molecule has 0 aliphatic rings. The number of aromatic nitrogens is 3. The van der Waals surface area contributed by atoms with Gasteiger partial charge in [0.15, 0.2) is 0 Å². The van der Waals surface area contributed by atoms with E-state index in [-0.39, 0.29) is 55.2 Å². The van der Waals surface area contributed by atoms with E-state index in [1.807, 2.05) is 0 Å². The molecule has 0 aliphatic heterocycles. The fourth-order valence-corrected chi connectivity index (χ4v) is 3.09. The third kappa shape index (κ3) is 6.58. The molecule has 0 unspecified atom stereocenters. The molecule has 0 radical (unpaired) electrons. The van der Waals surface area contributed by atoms with E-state index in [0.29, 0.717) is 23.6 Å². The van der Waals surface area contributed by atoms with Crippen LogP contribution >= 0.6 is 24.8 Å². The summed E-state index contributed by atoms with van der Waals surface area (Å²) in [5, 5.41) is 7.28. The van der Waals surface area contributed by atoms with Gasteiger partial charge in [0.25, 0.3) is 0 Å². The van der Waals surface area contributed by atoms with Gasteiger partial charge in [-0.2, -0.15) is 0 Å². The second-order valence-corrected chi connectivity index (χ2v) is 7.57. The average Bonchev–Trinajstić information content (AvgIpc) is 3.55. The molecule has 12 nitrogen and oxygen atoms in total. The van der Waals surface area contributed by atoms with Crippen molar-refractivity contribution in [3.05, 3.63) is 55.4 Å². The van der Waals surface area contributed by atoms with Gasteiger partial charge in [0, 0.05) is 77.0 Å². The largest absolute Gasteiger partial charge is 0.397 e. The maximum absolute atomic E-state index is 12.9. The number of nitrogens with one attached hydrogen (secondary N) is 1. The van der Waals surface area contributed by atoms with Crippen LogP contribution in [0.1, 0.15) is 6.42 Å². The molecule has 190 valence electrons. The summed E-state index contributed by atoms with van der Waals surface area (Å²) in [6, 6.07) is 3.91. The maximum atomic E-state index is 12.9. The van der Waals surface area contributed by atoms with Gasteiger partial charge in [0.1, 0.15) is 0 Å². The van der Waals surface area contributed by atoms with Gasteiger partial charge in [-0.3, -0.25) is 28.9 Å². The number of hydrogen-bond donors (Lipinski definition) is 3. The zero-order valence-electron chi connectivity index (χ0n) is 19.5. The Morgan fingerprint density at radius 1 is 0.800 bits per heavy atom. The van der Waals surface area contributed by atoms with Crippen molar-refractivity contribution in [3.63, 3.8) is 0 Å². The highest BCUT2D eigenvalue weighted by Crippen LogP contribution is 2.19. The van der Waals surface area contributed by atoms with E-state index in [1.54, 1.807) is 70.3 Å². The van der Waals surface area contributed by atoms with Gasteiger partial charge in [0.05, 0.1) is 17.2 Å². The molecular formula is C21H29Cl2N9O3. The van der Waals surface area contributed by atoms with Crippen molar-refractivity contribution < 1.29 is 14.4 Å². The summed E-state index contributed by atoms with van der Waals surface area (Å²) < 4.78 is 4.06. The molecule has 3 heterocycles. The predicted molar refractivity (Wildman–Crippen MR) is 141 cm³/mol. The molecule has 0 saturated heterocycles. The van der Waals surface area contributed by atoms with E-state index in [2.05, 4.69) is 0 Å². The lowest BCUT2D eigenvalue weighted by Gasteiger charge is -2.18. The molecule has 35 heavy (non-hydrogen) atoms. The summed E-state index contributed by atoms with van der Waals surface area (Å²) >= 11 is 0. The van der Waals surface area contributed by atoms with Crippen LogP contribution in [0.2, 0.25) is 0 Å². The lowest BCUT2D eigenvalue weighted by Crippen LogP contribution is -2.33. The number of nitrogen functional groups attached to an aromatic ring is 1. The highest BCUT2D eigenvalue weighted by Gasteiger charge is 2.19. The molecule has 0 atom stereocenters. The smallest absolute Gasteiger partial charge is 0.332 e. The van der Waals surface area contributed by atoms with Gasteiger partial charge in [-0.1, -0.05) is 0 Å². The molecule has 0 spiro atoms. The van der Waals surface area contributed by atoms with Crippen LogP contribution in [-0.4, -0.2) is 70.2 Å². The summed E-state index contributed by atoms with van der Waals surface area (Å²) in [5.41, 5.74) is 12.5. The van der Waals surface area contributed by atoms with Crippen LogP contribution in [0.5, 0.6) is 0 Å². The minimum Gasteiger partial charge on any atom is -0.397 e. The van der Waals surface area contributed by atoms with Crippen molar-refractivity contribution in [2.45, 2.75) is 6.42 Å². The van der Waals surface area contributed by atoms with Crippen molar-refractivity contribution in [1.82, 2.24) is 18.6 Å². The monoisotopic (exact) mass is 525 g/mol. The molecule has 0 fully saturated rings. The topological polar surface area (TPSA) is 152 Å². The van der Waals surface area contributed by atoms with Crippen LogP contribution in [0.15, 0.2) is 55.4 Å². The average molecular weight is 526 g/mol. The predicted octanol–water partition coefficient (Wildman–Crippen LogP) is 2.95. The van der Waals surface area contributed by atoms with E-state index < -0.39 is 0 Å². The fourth-order valence-electron chi connectivity index (χ4n) is 3.09. The van der Waals surface area contributed by atoms with Gasteiger partial charge in [-0.05, 0) is 18.2 Å². The maximum Gasteiger partial charge on any atom is 0.332 e. The second-order valence-electron chi connectivity index (χ2n) is 7.57. The number of amides is 3. The van der Waals surface area contributed by atoms with Crippen molar-refractivity contribution in [2.75, 3.05) is 43.2 Å². The minimum absolute atomic E-state index is 0. The highest BCUT2D eigenvalue weighted by molar-refractivity contribution is 5.96. The lowest BCUT2D eigenvalue weighted by atomic mass is 10.4. The normalized spacial score (nSPS) is 10.0. The van der Waals surface area contributed by atoms with Crippen LogP contribution in [0.3, 0.4) is 0 Å². The van der Waals surface area contributed by atoms with Crippen molar-refractivity contribution in [3.8, 4) is 0 Å². The Morgan fingerprint density at radius 2 is 1.23 bits per heavy atom. The van der Waals surface area contributed by atoms with Crippen LogP contribution in [-0.2, 0) is 0 Å². The van der Waals surface area contributed by atoms with Crippen molar-refractivity contribution >= 4 is 65.8 Å². The Hall–Kier alpha value is -3.90. The fraction of sp³-hybridized carbons (Fsp3) is 0.238. The van der Waals surface area contributed by atoms with Gasteiger partial charge in [-0.25, -0.2) is 14.4 Å². The molecule has 3 amide bonds. The first kappa shape index (κ1) is 29.1. The standard InChI is InChI=1S/C21H27N9O3.2ClH/c1-25(8-7-18(23)24)19(31)29-10-5-16(13-29)27(3)21(33)30-11-6-17(14-30)26(2)20(32)28-9-4-15(22)12-28;;/h4-6,9-14H,7-8,22H2,1-3H3,(H3,23,24);2*1H. The number of nitrogens with zero attached hydrogens (tertiary/aromatic N) is 6. The van der Waals surface area contributed by atoms with Gasteiger partial charge in [-0.15, -0.1) is 24.8 Å². The lowest BCUT2D eigenvalue weighted by molar-refractivity contribution is 0.211. The number of amidine groups is 1. The zero-order valence-corrected chi connectivity index (χ0v) is 21.1. The quantitative estimate of drug-likeness (QED) is 0.345. The minimum atomic E-state index is -0.373. The van der Waals surface area contributed by atoms with Gasteiger partial charge in [0.2, 0.25) is 0 Å². The van der Waals surface area contributed by atoms with E-state index in [4.69, 9.17) is 16.9 Å². The number of anilines is 3. The zero-order chi connectivity index (χ0) is 24.3. The van der Waals surface area contributed by atoms with Crippen molar-refractivity contribution in [2.24, 2.45) is 5.73 Å². The number of nitrogens with two attached hydrogens (primary N) is 2. The summed E-state index contributed by atoms with van der Waals surface area (Å²) in [7, 11) is 4.80. The van der Waals surface area contributed by atoms with E-state index in [9.17, 15) is 14.4 Å². The first-order valence-corrected chi connectivity index (χ1v) is 10.0. The molecule has 3 aromatic rings. The number of carbonyl (C=O) groups is 3. The molecule has 5 N–H and O–H groups in total. The SMILES string of the molecule is CN(CCC(=N)N)C(=O)n1ccc(N(C)C(=O)n2ccc(N(C)C(=O)n3ccc(N)c3)c2)c1.Cl.Cl. The molecule has 0 aliphatic carbocycles. The molecule has 3 rings (SSSR count). The van der Waals surface area contributed by atoms with Crippen LogP contribution in [0.25, 0.3) is 0 Å². The number of rotatable bonds is 5. The number of carbonyl (C=O) groups excluding carboxylic acids is 3. The first-order chi connectivity index (χ1) is 15.6. The Kier molecular flexibility index (Phi) is 9.98. The van der Waals surface area contributed by atoms with E-state index in [1.165, 1.54) is 34.6 Å². The molecule has 14 heteroatoms. The number of halogens is 2. The van der Waals surface area contributed by atoms with Crippen LogP contribution in [0, 0.1) is 5.41 Å². The Morgan fingerprint density at radius 3 is 1.66 bits per heavy atom. The van der Waals surface area contributed by atoms with E-state index >= 15 is 0 Å². The van der Waals surface area contributed by atoms with Gasteiger partial charge >= 0.3 is 18.1 Å². The number of hydrogen-bond acceptors (Lipinski definition) is 5. The van der Waals surface area contributed by atoms with E-state index in [0.717, 1.165) is 0 Å². The molecular weight excluding hydrogens is 497 g/mol. The first-order valence-electron chi connectivity index (χ1n) is 10.0. The van der Waals surface area contributed by atoms with Crippen molar-refractivity contribution in [1.29, 1.82) is 5.41 Å². The van der Waals surface area contributed by atoms with Crippen LogP contribution in [0.4, 0.5) is 31.4 Å². The third-order valence-corrected chi connectivity index (χ3v) is 5.12. The third-order valence-electron chi connectivity index (χ3n) is 5.12. The summed E-state index contributed by atoms with van der Waals surface area (Å²) in [6.07, 6.45) is 9.55. The molecule has 0 aromatic carbocycles. The Bertz CT molecular complexity index is 1200. The van der Waals surface area contributed by atoms with Crippen LogP contribution < -0.4 is 21.3 Å². The molecule has 3 aromatic heterocycles. The molecule has 0 bridgehead atoms. The summed E-state index contributed by atoms with van der Waals surface area (Å²) in [6.45, 7) is 0.310. The summed E-state index contributed by atoms with van der Waals surface area (Å²) in [5.74, 6) is 0.00380. The summed E-state index contributed by atoms with van der Waals surface area (Å²) in [4.78, 5) is 42.2. The highest BCUT2D eigenvalue weighted by atomic mass is 35.5. The molecule has 0 saturated carbocycles.